The molecule has 0 atom stereocenters. The maximum Gasteiger partial charge on any atom is 0.305 e. The second-order valence-electron chi connectivity index (χ2n) is 4.53. The molecule has 5 nitrogen and oxygen atoms in total. The summed E-state index contributed by atoms with van der Waals surface area (Å²) in [5.74, 6) is -1.15. The summed E-state index contributed by atoms with van der Waals surface area (Å²) in [7, 11) is 0. The molecule has 96 valence electrons. The predicted molar refractivity (Wildman–Crippen MR) is 68.2 cm³/mol. The number of aromatic nitrogens is 1. The summed E-state index contributed by atoms with van der Waals surface area (Å²) in [5, 5.41) is 11.7. The number of carbonyl (C=O) groups excluding carboxylic acids is 1. The molecule has 0 spiro atoms. The highest BCUT2D eigenvalue weighted by Crippen LogP contribution is 2.35. The van der Waals surface area contributed by atoms with Gasteiger partial charge in [-0.05, 0) is 47.3 Å². The fourth-order valence-corrected chi connectivity index (χ4v) is 2.30. The van der Waals surface area contributed by atoms with Gasteiger partial charge in [0.25, 0.3) is 5.91 Å². The van der Waals surface area contributed by atoms with Crippen molar-refractivity contribution in [1.29, 1.82) is 0 Å². The van der Waals surface area contributed by atoms with Crippen LogP contribution in [0.3, 0.4) is 0 Å². The van der Waals surface area contributed by atoms with Crippen LogP contribution in [0.5, 0.6) is 0 Å². The molecule has 6 heteroatoms. The number of carbonyl (C=O) groups is 2. The van der Waals surface area contributed by atoms with Gasteiger partial charge in [-0.1, -0.05) is 0 Å². The third-order valence-electron chi connectivity index (χ3n) is 3.17. The molecule has 1 heterocycles. The third-order valence-corrected chi connectivity index (χ3v) is 3.64. The molecule has 0 aromatic carbocycles. The average molecular weight is 313 g/mol. The van der Waals surface area contributed by atoms with E-state index in [1.54, 1.807) is 12.1 Å². The Labute approximate surface area is 113 Å². The van der Waals surface area contributed by atoms with E-state index in [0.717, 1.165) is 19.3 Å². The van der Waals surface area contributed by atoms with Gasteiger partial charge in [-0.2, -0.15) is 0 Å². The number of nitrogens with zero attached hydrogens (tertiary/aromatic N) is 1. The first-order chi connectivity index (χ1) is 8.51. The van der Waals surface area contributed by atoms with Crippen molar-refractivity contribution in [2.24, 2.45) is 0 Å². The molecular weight excluding hydrogens is 300 g/mol. The van der Waals surface area contributed by atoms with E-state index in [2.05, 4.69) is 26.2 Å². The van der Waals surface area contributed by atoms with Crippen LogP contribution in [0.2, 0.25) is 0 Å². The van der Waals surface area contributed by atoms with Gasteiger partial charge in [-0.3, -0.25) is 9.59 Å². The molecule has 1 aromatic rings. The van der Waals surface area contributed by atoms with Crippen molar-refractivity contribution in [3.63, 3.8) is 0 Å². The summed E-state index contributed by atoms with van der Waals surface area (Å²) in [6, 6.07) is 3.33. The maximum absolute atomic E-state index is 12.0. The Morgan fingerprint density at radius 1 is 1.44 bits per heavy atom. The number of nitrogens with one attached hydrogen (secondary N) is 1. The van der Waals surface area contributed by atoms with Crippen molar-refractivity contribution in [2.45, 2.75) is 31.2 Å². The lowest BCUT2D eigenvalue weighted by molar-refractivity contribution is -0.139. The van der Waals surface area contributed by atoms with E-state index >= 15 is 0 Å². The van der Waals surface area contributed by atoms with E-state index in [1.165, 1.54) is 6.20 Å². The number of hydrogen-bond acceptors (Lipinski definition) is 3. The van der Waals surface area contributed by atoms with Crippen molar-refractivity contribution in [3.05, 3.63) is 28.5 Å². The Morgan fingerprint density at radius 2 is 2.17 bits per heavy atom. The highest BCUT2D eigenvalue weighted by Gasteiger charge is 2.40. The maximum atomic E-state index is 12.0. The summed E-state index contributed by atoms with van der Waals surface area (Å²) in [6.07, 6.45) is 3.82. The Morgan fingerprint density at radius 3 is 2.61 bits per heavy atom. The van der Waals surface area contributed by atoms with Gasteiger partial charge in [0.05, 0.1) is 17.5 Å². The molecule has 1 aliphatic rings. The van der Waals surface area contributed by atoms with Crippen LogP contribution < -0.4 is 5.32 Å². The van der Waals surface area contributed by atoms with Crippen LogP contribution in [0.25, 0.3) is 0 Å². The van der Waals surface area contributed by atoms with Crippen molar-refractivity contribution in [3.8, 4) is 0 Å². The number of pyridine rings is 1. The lowest BCUT2D eigenvalue weighted by atomic mass is 9.74. The summed E-state index contributed by atoms with van der Waals surface area (Å²) in [6.45, 7) is 0. The van der Waals surface area contributed by atoms with Crippen molar-refractivity contribution in [1.82, 2.24) is 10.3 Å². The zero-order chi connectivity index (χ0) is 13.2. The summed E-state index contributed by atoms with van der Waals surface area (Å²) >= 11 is 3.19. The van der Waals surface area contributed by atoms with E-state index in [4.69, 9.17) is 5.11 Å². The first-order valence-corrected chi connectivity index (χ1v) is 6.46. The van der Waals surface area contributed by atoms with Gasteiger partial charge in [-0.15, -0.1) is 0 Å². The van der Waals surface area contributed by atoms with Gasteiger partial charge in [0.1, 0.15) is 4.60 Å². The molecule has 1 saturated carbocycles. The minimum absolute atomic E-state index is 0.0251. The number of rotatable bonds is 4. The molecule has 2 rings (SSSR count). The van der Waals surface area contributed by atoms with Crippen LogP contribution in [0, 0.1) is 0 Å². The molecule has 1 amide bonds. The molecule has 0 radical (unpaired) electrons. The van der Waals surface area contributed by atoms with Gasteiger partial charge in [-0.25, -0.2) is 4.98 Å². The molecular formula is C12H13BrN2O3. The minimum atomic E-state index is -0.885. The van der Waals surface area contributed by atoms with Crippen molar-refractivity contribution >= 4 is 27.8 Å². The van der Waals surface area contributed by atoms with Crippen molar-refractivity contribution < 1.29 is 14.7 Å². The quantitative estimate of drug-likeness (QED) is 0.833. The number of hydrogen-bond donors (Lipinski definition) is 2. The molecule has 1 aromatic heterocycles. The van der Waals surface area contributed by atoms with E-state index in [-0.39, 0.29) is 12.3 Å². The lowest BCUT2D eigenvalue weighted by Gasteiger charge is -2.41. The van der Waals surface area contributed by atoms with Gasteiger partial charge in [0.15, 0.2) is 0 Å². The Balaban J connectivity index is 2.06. The van der Waals surface area contributed by atoms with Crippen LogP contribution in [-0.4, -0.2) is 27.5 Å². The predicted octanol–water partition coefficient (Wildman–Crippen LogP) is 1.97. The van der Waals surface area contributed by atoms with E-state index in [9.17, 15) is 9.59 Å². The summed E-state index contributed by atoms with van der Waals surface area (Å²) < 4.78 is 0.656. The minimum Gasteiger partial charge on any atom is -0.481 e. The van der Waals surface area contributed by atoms with Gasteiger partial charge in [0, 0.05) is 6.20 Å². The highest BCUT2D eigenvalue weighted by molar-refractivity contribution is 9.10. The first kappa shape index (κ1) is 13.0. The molecule has 0 bridgehead atoms. The van der Waals surface area contributed by atoms with Crippen LogP contribution in [0.1, 0.15) is 36.0 Å². The topological polar surface area (TPSA) is 79.3 Å². The molecule has 0 unspecified atom stereocenters. The Hall–Kier alpha value is -1.43. The standard InChI is InChI=1S/C12H13BrN2O3/c13-9-3-2-8(7-14-9)11(18)15-12(4-1-5-12)6-10(16)17/h2-3,7H,1,4-6H2,(H,15,18)(H,16,17). The molecule has 0 saturated heterocycles. The second kappa shape index (κ2) is 5.06. The lowest BCUT2D eigenvalue weighted by Crippen LogP contribution is -2.54. The van der Waals surface area contributed by atoms with Gasteiger partial charge in [0.2, 0.25) is 0 Å². The first-order valence-electron chi connectivity index (χ1n) is 5.67. The van der Waals surface area contributed by atoms with Crippen molar-refractivity contribution in [2.75, 3.05) is 0 Å². The number of carboxylic acids is 1. The zero-order valence-electron chi connectivity index (χ0n) is 9.65. The Kier molecular flexibility index (Phi) is 3.65. The fraction of sp³-hybridized carbons (Fsp3) is 0.417. The Bertz CT molecular complexity index is 469. The largest absolute Gasteiger partial charge is 0.481 e. The van der Waals surface area contributed by atoms with E-state index in [0.29, 0.717) is 10.2 Å². The molecule has 2 N–H and O–H groups in total. The van der Waals surface area contributed by atoms with Gasteiger partial charge >= 0.3 is 5.97 Å². The van der Waals surface area contributed by atoms with Crippen LogP contribution >= 0.6 is 15.9 Å². The summed E-state index contributed by atoms with van der Waals surface area (Å²) in [5.41, 5.74) is -0.134. The highest BCUT2D eigenvalue weighted by atomic mass is 79.9. The van der Waals surface area contributed by atoms with Crippen LogP contribution in [0.4, 0.5) is 0 Å². The third kappa shape index (κ3) is 2.87. The number of amides is 1. The SMILES string of the molecule is O=C(O)CC1(NC(=O)c2ccc(Br)nc2)CCC1. The molecule has 1 aliphatic carbocycles. The molecule has 18 heavy (non-hydrogen) atoms. The second-order valence-corrected chi connectivity index (χ2v) is 5.34. The zero-order valence-corrected chi connectivity index (χ0v) is 11.2. The normalized spacial score (nSPS) is 16.7. The number of aliphatic carboxylic acids is 1. The van der Waals surface area contributed by atoms with Crippen LogP contribution in [-0.2, 0) is 4.79 Å². The molecule has 0 aliphatic heterocycles. The number of halogens is 1. The van der Waals surface area contributed by atoms with E-state index in [1.807, 2.05) is 0 Å². The van der Waals surface area contributed by atoms with E-state index < -0.39 is 11.5 Å². The van der Waals surface area contributed by atoms with Crippen LogP contribution in [0.15, 0.2) is 22.9 Å². The fourth-order valence-electron chi connectivity index (χ4n) is 2.06. The molecule has 1 fully saturated rings. The summed E-state index contributed by atoms with van der Waals surface area (Å²) in [4.78, 5) is 26.8. The number of carboxylic acid groups (broad SMARTS) is 1. The monoisotopic (exact) mass is 312 g/mol. The average Bonchev–Trinajstić information content (AvgIpc) is 2.26. The van der Waals surface area contributed by atoms with Gasteiger partial charge < -0.3 is 10.4 Å². The smallest absolute Gasteiger partial charge is 0.305 e.